The molecule has 2 aliphatic rings. The van der Waals surface area contributed by atoms with Crippen molar-refractivity contribution in [2.75, 3.05) is 20.8 Å². The Morgan fingerprint density at radius 2 is 2.06 bits per heavy atom. The van der Waals surface area contributed by atoms with Gasteiger partial charge in [-0.15, -0.1) is 5.10 Å². The second-order valence-electron chi connectivity index (χ2n) is 9.22. The maximum absolute atomic E-state index is 13.4. The molecule has 1 saturated heterocycles. The van der Waals surface area contributed by atoms with Gasteiger partial charge < -0.3 is 14.5 Å². The van der Waals surface area contributed by atoms with Crippen molar-refractivity contribution in [2.45, 2.75) is 69.7 Å². The number of benzene rings is 1. The van der Waals surface area contributed by atoms with Gasteiger partial charge in [-0.25, -0.2) is 4.68 Å². The summed E-state index contributed by atoms with van der Waals surface area (Å²) >= 11 is 0. The molecule has 1 aliphatic carbocycles. The van der Waals surface area contributed by atoms with Crippen molar-refractivity contribution in [3.63, 3.8) is 0 Å². The monoisotopic (exact) mass is 452 g/mol. The van der Waals surface area contributed by atoms with E-state index >= 15 is 0 Å². The van der Waals surface area contributed by atoms with Crippen molar-refractivity contribution in [2.24, 2.45) is 0 Å². The third-order valence-corrected chi connectivity index (χ3v) is 7.14. The van der Waals surface area contributed by atoms with Crippen LogP contribution in [-0.2, 0) is 11.3 Å². The first-order chi connectivity index (χ1) is 16.1. The number of fused-ring (bicyclic) bond motifs is 1. The number of aromatic nitrogens is 5. The zero-order chi connectivity index (χ0) is 22.8. The molecule has 2 aromatic heterocycles. The number of nitrogens with zero attached hydrogens (tertiary/aromatic N) is 5. The molecular formula is C24H32N6O3. The number of methoxy groups -OCH3 is 1. The molecule has 3 heterocycles. The van der Waals surface area contributed by atoms with E-state index in [0.29, 0.717) is 29.7 Å². The van der Waals surface area contributed by atoms with Crippen LogP contribution in [0.25, 0.3) is 10.9 Å². The van der Waals surface area contributed by atoms with Gasteiger partial charge in [0.2, 0.25) is 0 Å². The van der Waals surface area contributed by atoms with Crippen LogP contribution in [0.3, 0.4) is 0 Å². The molecule has 0 bridgehead atoms. The molecule has 1 aliphatic heterocycles. The van der Waals surface area contributed by atoms with Gasteiger partial charge in [-0.05, 0) is 66.7 Å². The van der Waals surface area contributed by atoms with E-state index in [0.717, 1.165) is 43.2 Å². The lowest BCUT2D eigenvalue weighted by molar-refractivity contribution is 0.0894. The molecule has 33 heavy (non-hydrogen) atoms. The van der Waals surface area contributed by atoms with Gasteiger partial charge in [0.05, 0.1) is 25.3 Å². The summed E-state index contributed by atoms with van der Waals surface area (Å²) in [6.45, 7) is 1.38. The minimum absolute atomic E-state index is 0.107. The highest BCUT2D eigenvalue weighted by atomic mass is 16.5. The molecule has 1 saturated carbocycles. The normalized spacial score (nSPS) is 20.5. The van der Waals surface area contributed by atoms with E-state index in [9.17, 15) is 4.79 Å². The molecule has 0 radical (unpaired) electrons. The summed E-state index contributed by atoms with van der Waals surface area (Å²) < 4.78 is 13.0. The van der Waals surface area contributed by atoms with Gasteiger partial charge in [0, 0.05) is 24.3 Å². The number of hydrogen-bond acceptors (Lipinski definition) is 7. The Kier molecular flexibility index (Phi) is 6.41. The molecule has 0 spiro atoms. The van der Waals surface area contributed by atoms with Gasteiger partial charge in [-0.1, -0.05) is 19.3 Å². The van der Waals surface area contributed by atoms with Gasteiger partial charge >= 0.3 is 0 Å². The van der Waals surface area contributed by atoms with Crippen molar-refractivity contribution in [3.8, 4) is 5.75 Å². The van der Waals surface area contributed by atoms with Crippen LogP contribution in [0.2, 0.25) is 0 Å². The van der Waals surface area contributed by atoms with E-state index < -0.39 is 0 Å². The van der Waals surface area contributed by atoms with Crippen LogP contribution in [0.1, 0.15) is 62.4 Å². The van der Waals surface area contributed by atoms with Crippen LogP contribution in [-0.4, -0.2) is 63.0 Å². The summed E-state index contributed by atoms with van der Waals surface area (Å²) in [7, 11) is 3.72. The van der Waals surface area contributed by atoms with Crippen LogP contribution in [0.15, 0.2) is 29.1 Å². The van der Waals surface area contributed by atoms with E-state index in [1.165, 1.54) is 19.3 Å². The molecule has 1 aromatic carbocycles. The molecule has 1 N–H and O–H groups in total. The minimum Gasteiger partial charge on any atom is -0.497 e. The molecule has 9 nitrogen and oxygen atoms in total. The van der Waals surface area contributed by atoms with Gasteiger partial charge in [0.1, 0.15) is 11.8 Å². The van der Waals surface area contributed by atoms with E-state index in [1.54, 1.807) is 7.11 Å². The topological polar surface area (TPSA) is 98.2 Å². The Morgan fingerprint density at radius 3 is 2.82 bits per heavy atom. The van der Waals surface area contributed by atoms with Gasteiger partial charge in [-0.3, -0.25) is 9.69 Å². The second-order valence-corrected chi connectivity index (χ2v) is 9.22. The molecule has 2 fully saturated rings. The Labute approximate surface area is 193 Å². The van der Waals surface area contributed by atoms with Crippen molar-refractivity contribution in [1.29, 1.82) is 0 Å². The van der Waals surface area contributed by atoms with E-state index in [4.69, 9.17) is 9.47 Å². The summed E-state index contributed by atoms with van der Waals surface area (Å²) in [6.07, 6.45) is 8.07. The van der Waals surface area contributed by atoms with E-state index in [-0.39, 0.29) is 17.7 Å². The number of H-pyrrole nitrogens is 1. The highest BCUT2D eigenvalue weighted by Gasteiger charge is 2.33. The smallest absolute Gasteiger partial charge is 0.253 e. The highest BCUT2D eigenvalue weighted by molar-refractivity contribution is 5.80. The molecule has 0 unspecified atom stereocenters. The molecule has 3 aromatic rings. The fraction of sp³-hybridized carbons (Fsp3) is 0.583. The zero-order valence-electron chi connectivity index (χ0n) is 19.4. The molecular weight excluding hydrogens is 420 g/mol. The molecule has 176 valence electrons. The number of ether oxygens (including phenoxy) is 2. The Morgan fingerprint density at radius 1 is 1.21 bits per heavy atom. The number of hydrogen-bond donors (Lipinski definition) is 1. The third-order valence-electron chi connectivity index (χ3n) is 7.14. The first-order valence-corrected chi connectivity index (χ1v) is 11.9. The van der Waals surface area contributed by atoms with Crippen molar-refractivity contribution >= 4 is 10.9 Å². The molecule has 9 heteroatoms. The zero-order valence-corrected chi connectivity index (χ0v) is 19.4. The van der Waals surface area contributed by atoms with Gasteiger partial charge in [0.25, 0.3) is 5.56 Å². The standard InChI is InChI=1S/C24H32N6O3/c1-29(17-7-4-3-5-8-17)22(23-26-27-28-30(23)15-19-9-6-12-33-19)20-13-16-10-11-18(32-2)14-21(16)25-24(20)31/h10-11,13-14,17,19,22H,3-9,12,15H2,1-2H3,(H,25,31)/t19-,22-/m0/s1. The largest absolute Gasteiger partial charge is 0.497 e. The number of rotatable bonds is 7. The Hall–Kier alpha value is -2.78. The second kappa shape index (κ2) is 9.61. The van der Waals surface area contributed by atoms with Crippen LogP contribution in [0, 0.1) is 0 Å². The summed E-state index contributed by atoms with van der Waals surface area (Å²) in [5.74, 6) is 1.40. The maximum atomic E-state index is 13.4. The lowest BCUT2D eigenvalue weighted by Gasteiger charge is -2.36. The summed E-state index contributed by atoms with van der Waals surface area (Å²) in [5.41, 5.74) is 1.28. The number of aromatic amines is 1. The van der Waals surface area contributed by atoms with Crippen molar-refractivity contribution < 1.29 is 9.47 Å². The Bertz CT molecular complexity index is 1150. The SMILES string of the molecule is COc1ccc2cc([C@@H](c3nnnn3C[C@@H]3CCCO3)N(C)C3CCCCC3)c(=O)[nH]c2c1. The first kappa shape index (κ1) is 22.0. The molecule has 5 rings (SSSR count). The van der Waals surface area contributed by atoms with Crippen LogP contribution in [0.5, 0.6) is 5.75 Å². The minimum atomic E-state index is -0.347. The Balaban J connectivity index is 1.58. The summed E-state index contributed by atoms with van der Waals surface area (Å²) in [6, 6.07) is 7.74. The molecule has 2 atom stereocenters. The average molecular weight is 453 g/mol. The number of nitrogens with one attached hydrogen (secondary N) is 1. The predicted molar refractivity (Wildman–Crippen MR) is 124 cm³/mol. The van der Waals surface area contributed by atoms with Crippen LogP contribution < -0.4 is 10.3 Å². The summed E-state index contributed by atoms with van der Waals surface area (Å²) in [4.78, 5) is 18.8. The van der Waals surface area contributed by atoms with E-state index in [2.05, 4.69) is 32.5 Å². The highest BCUT2D eigenvalue weighted by Crippen LogP contribution is 2.33. The predicted octanol–water partition coefficient (Wildman–Crippen LogP) is 3.06. The molecule has 0 amide bonds. The summed E-state index contributed by atoms with van der Waals surface area (Å²) in [5, 5.41) is 13.7. The fourth-order valence-electron chi connectivity index (χ4n) is 5.29. The van der Waals surface area contributed by atoms with Crippen LogP contribution in [0.4, 0.5) is 0 Å². The van der Waals surface area contributed by atoms with E-state index in [1.807, 2.05) is 28.9 Å². The lowest BCUT2D eigenvalue weighted by atomic mass is 9.92. The maximum Gasteiger partial charge on any atom is 0.253 e. The van der Waals surface area contributed by atoms with Gasteiger partial charge in [0.15, 0.2) is 5.82 Å². The first-order valence-electron chi connectivity index (χ1n) is 11.9. The number of pyridine rings is 1. The average Bonchev–Trinajstić information content (AvgIpc) is 3.52. The van der Waals surface area contributed by atoms with Crippen molar-refractivity contribution in [3.05, 3.63) is 46.0 Å². The quantitative estimate of drug-likeness (QED) is 0.588. The lowest BCUT2D eigenvalue weighted by Crippen LogP contribution is -2.40. The number of tetrazole rings is 1. The fourth-order valence-corrected chi connectivity index (χ4v) is 5.29. The van der Waals surface area contributed by atoms with Gasteiger partial charge in [-0.2, -0.15) is 0 Å². The third kappa shape index (κ3) is 4.52. The van der Waals surface area contributed by atoms with Crippen molar-refractivity contribution in [1.82, 2.24) is 30.1 Å². The van der Waals surface area contributed by atoms with Crippen LogP contribution >= 0.6 is 0 Å².